The molecule has 3 aromatic heterocycles. The van der Waals surface area contributed by atoms with Crippen molar-refractivity contribution in [1.82, 2.24) is 24.8 Å². The maximum Gasteiger partial charge on any atom is 0.170 e. The lowest BCUT2D eigenvalue weighted by molar-refractivity contribution is 0.290. The highest BCUT2D eigenvalue weighted by molar-refractivity contribution is 7.80. The van der Waals surface area contributed by atoms with Gasteiger partial charge < -0.3 is 14.8 Å². The highest BCUT2D eigenvalue weighted by Crippen LogP contribution is 2.42. The van der Waals surface area contributed by atoms with Crippen molar-refractivity contribution in [2.24, 2.45) is 0 Å². The Hall–Kier alpha value is -2.73. The highest BCUT2D eigenvalue weighted by Gasteiger charge is 2.41. The maximum absolute atomic E-state index is 5.80. The third-order valence-electron chi connectivity index (χ3n) is 6.11. The number of hydrogen-bond donors (Lipinski definition) is 1. The second kappa shape index (κ2) is 7.95. The van der Waals surface area contributed by atoms with E-state index in [-0.39, 0.29) is 12.1 Å². The molecule has 5 nitrogen and oxygen atoms in total. The summed E-state index contributed by atoms with van der Waals surface area (Å²) in [6.07, 6.45) is 13.0. The number of thiocarbonyl (C=S) groups is 1. The molecule has 1 aliphatic carbocycles. The van der Waals surface area contributed by atoms with Crippen LogP contribution in [0, 0.1) is 0 Å². The first kappa shape index (κ1) is 18.3. The summed E-state index contributed by atoms with van der Waals surface area (Å²) in [5.74, 6) is 0. The zero-order valence-electron chi connectivity index (χ0n) is 16.3. The van der Waals surface area contributed by atoms with E-state index >= 15 is 0 Å². The van der Waals surface area contributed by atoms with Crippen molar-refractivity contribution in [1.29, 1.82) is 0 Å². The Bertz CT molecular complexity index is 965. The van der Waals surface area contributed by atoms with Gasteiger partial charge in [-0.1, -0.05) is 25.0 Å². The van der Waals surface area contributed by atoms with Crippen molar-refractivity contribution >= 4 is 17.3 Å². The van der Waals surface area contributed by atoms with Crippen LogP contribution in [0.1, 0.15) is 60.8 Å². The first-order chi connectivity index (χ1) is 14.3. The molecule has 6 heteroatoms. The fourth-order valence-corrected chi connectivity index (χ4v) is 5.06. The van der Waals surface area contributed by atoms with Gasteiger partial charge >= 0.3 is 0 Å². The van der Waals surface area contributed by atoms with Crippen LogP contribution in [0.3, 0.4) is 0 Å². The quantitative estimate of drug-likeness (QED) is 0.633. The summed E-state index contributed by atoms with van der Waals surface area (Å²) < 4.78 is 2.49. The second-order valence-electron chi connectivity index (χ2n) is 7.89. The van der Waals surface area contributed by atoms with E-state index in [0.717, 1.165) is 22.9 Å². The minimum Gasteiger partial charge on any atom is -0.352 e. The van der Waals surface area contributed by atoms with Gasteiger partial charge in [-0.15, -0.1) is 0 Å². The number of rotatable bonds is 5. The minimum atomic E-state index is 0.0235. The Labute approximate surface area is 176 Å². The van der Waals surface area contributed by atoms with Crippen LogP contribution in [-0.4, -0.2) is 24.5 Å². The van der Waals surface area contributed by atoms with E-state index in [1.165, 1.54) is 31.4 Å². The van der Waals surface area contributed by atoms with Crippen LogP contribution in [0.5, 0.6) is 0 Å². The molecule has 1 N–H and O–H groups in total. The van der Waals surface area contributed by atoms with Crippen LogP contribution in [0.15, 0.2) is 67.3 Å². The largest absolute Gasteiger partial charge is 0.352 e. The molecule has 0 unspecified atom stereocenters. The molecular weight excluding hydrogens is 378 g/mol. The first-order valence-corrected chi connectivity index (χ1v) is 10.8. The monoisotopic (exact) mass is 403 g/mol. The van der Waals surface area contributed by atoms with Crippen LogP contribution < -0.4 is 5.32 Å². The Morgan fingerprint density at radius 3 is 2.69 bits per heavy atom. The number of pyridine rings is 2. The normalized spacial score (nSPS) is 22.2. The van der Waals surface area contributed by atoms with Gasteiger partial charge in [0.2, 0.25) is 0 Å². The predicted molar refractivity (Wildman–Crippen MR) is 117 cm³/mol. The molecule has 0 radical (unpaired) electrons. The van der Waals surface area contributed by atoms with Gasteiger partial charge in [-0.3, -0.25) is 9.97 Å². The molecule has 0 bridgehead atoms. The standard InChI is InChI=1S/C23H25N5S/c29-23-26-21(19-10-3-4-13-25-19)22(28(23)16-17-7-5-12-24-15-17)20-11-6-14-27(20)18-8-1-2-9-18/h3-7,10-15,18,21-22H,1-2,8-9,16H2,(H,26,29)/t21-,22-/m1/s1. The summed E-state index contributed by atoms with van der Waals surface area (Å²) in [7, 11) is 0. The fourth-order valence-electron chi connectivity index (χ4n) is 4.76. The summed E-state index contributed by atoms with van der Waals surface area (Å²) in [5.41, 5.74) is 3.48. The van der Waals surface area contributed by atoms with Crippen LogP contribution in [0.4, 0.5) is 0 Å². The zero-order chi connectivity index (χ0) is 19.6. The first-order valence-electron chi connectivity index (χ1n) is 10.3. The zero-order valence-corrected chi connectivity index (χ0v) is 17.1. The van der Waals surface area contributed by atoms with Gasteiger partial charge in [-0.2, -0.15) is 0 Å². The van der Waals surface area contributed by atoms with Crippen molar-refractivity contribution in [3.63, 3.8) is 0 Å². The summed E-state index contributed by atoms with van der Waals surface area (Å²) in [4.78, 5) is 11.2. The average molecular weight is 404 g/mol. The van der Waals surface area contributed by atoms with Crippen LogP contribution in [0.25, 0.3) is 0 Å². The van der Waals surface area contributed by atoms with Crippen molar-refractivity contribution in [2.45, 2.75) is 50.4 Å². The molecule has 2 fully saturated rings. The Morgan fingerprint density at radius 1 is 1.03 bits per heavy atom. The van der Waals surface area contributed by atoms with Gasteiger partial charge in [0.25, 0.3) is 0 Å². The average Bonchev–Trinajstić information content (AvgIpc) is 3.50. The van der Waals surface area contributed by atoms with Gasteiger partial charge in [0.15, 0.2) is 5.11 Å². The topological polar surface area (TPSA) is 46.0 Å². The van der Waals surface area contributed by atoms with Crippen LogP contribution >= 0.6 is 12.2 Å². The lowest BCUT2D eigenvalue weighted by Crippen LogP contribution is -2.30. The maximum atomic E-state index is 5.80. The molecule has 1 saturated heterocycles. The lowest BCUT2D eigenvalue weighted by atomic mass is 10.0. The Kier molecular flexibility index (Phi) is 5.02. The van der Waals surface area contributed by atoms with Crippen molar-refractivity contribution in [3.8, 4) is 0 Å². The molecule has 148 valence electrons. The number of hydrogen-bond acceptors (Lipinski definition) is 3. The summed E-state index contributed by atoms with van der Waals surface area (Å²) in [6, 6.07) is 15.3. The number of aromatic nitrogens is 3. The number of nitrogens with one attached hydrogen (secondary N) is 1. The molecule has 29 heavy (non-hydrogen) atoms. The smallest absolute Gasteiger partial charge is 0.170 e. The molecule has 3 aromatic rings. The third-order valence-corrected chi connectivity index (χ3v) is 6.46. The van der Waals surface area contributed by atoms with E-state index in [1.807, 2.05) is 36.8 Å². The number of nitrogens with zero attached hydrogens (tertiary/aromatic N) is 4. The lowest BCUT2D eigenvalue weighted by Gasteiger charge is -2.30. The second-order valence-corrected chi connectivity index (χ2v) is 8.28. The molecule has 1 saturated carbocycles. The van der Waals surface area contributed by atoms with Crippen LogP contribution in [0.2, 0.25) is 0 Å². The molecule has 2 atom stereocenters. The van der Waals surface area contributed by atoms with Gasteiger partial charge in [0.1, 0.15) is 0 Å². The van der Waals surface area contributed by atoms with Gasteiger partial charge in [-0.05, 0) is 61.0 Å². The predicted octanol–water partition coefficient (Wildman–Crippen LogP) is 4.57. The SMILES string of the molecule is S=C1N[C@H](c2ccccn2)[C@@H](c2cccn2C2CCCC2)N1Cc1cccnc1. The fraction of sp³-hybridized carbons (Fsp3) is 0.348. The molecular formula is C23H25N5S. The van der Waals surface area contributed by atoms with E-state index in [9.17, 15) is 0 Å². The molecule has 0 aromatic carbocycles. The summed E-state index contributed by atoms with van der Waals surface area (Å²) in [6.45, 7) is 0.726. The molecule has 0 spiro atoms. The van der Waals surface area contributed by atoms with Crippen molar-refractivity contribution in [3.05, 3.63) is 84.2 Å². The van der Waals surface area contributed by atoms with E-state index in [4.69, 9.17) is 12.2 Å². The van der Waals surface area contributed by atoms with Crippen molar-refractivity contribution in [2.75, 3.05) is 0 Å². The van der Waals surface area contributed by atoms with E-state index < -0.39 is 0 Å². The molecule has 2 aliphatic rings. The van der Waals surface area contributed by atoms with E-state index in [0.29, 0.717) is 6.04 Å². The highest BCUT2D eigenvalue weighted by atomic mass is 32.1. The van der Waals surface area contributed by atoms with Crippen LogP contribution in [-0.2, 0) is 6.54 Å². The molecule has 0 amide bonds. The molecule has 1 aliphatic heterocycles. The molecule has 5 rings (SSSR count). The van der Waals surface area contributed by atoms with Gasteiger partial charge in [0, 0.05) is 43.1 Å². The summed E-state index contributed by atoms with van der Waals surface area (Å²) in [5, 5.41) is 4.33. The molecule has 4 heterocycles. The van der Waals surface area contributed by atoms with Gasteiger partial charge in [0.05, 0.1) is 17.8 Å². The Morgan fingerprint density at radius 2 is 1.93 bits per heavy atom. The van der Waals surface area contributed by atoms with Gasteiger partial charge in [-0.25, -0.2) is 0 Å². The minimum absolute atomic E-state index is 0.0235. The van der Waals surface area contributed by atoms with E-state index in [2.05, 4.69) is 55.2 Å². The summed E-state index contributed by atoms with van der Waals surface area (Å²) >= 11 is 5.80. The van der Waals surface area contributed by atoms with Crippen molar-refractivity contribution < 1.29 is 0 Å². The van der Waals surface area contributed by atoms with E-state index in [1.54, 1.807) is 0 Å². The third kappa shape index (κ3) is 3.53. The Balaban J connectivity index is 1.56.